The number of fused-ring (bicyclic) bond motifs is 2. The van der Waals surface area contributed by atoms with Crippen LogP contribution in [0, 0.1) is 0 Å². The first kappa shape index (κ1) is 20.7. The van der Waals surface area contributed by atoms with E-state index in [9.17, 15) is 13.2 Å². The minimum absolute atomic E-state index is 0.127. The predicted octanol–water partition coefficient (Wildman–Crippen LogP) is 3.27. The molecule has 1 heterocycles. The Kier molecular flexibility index (Phi) is 5.75. The zero-order chi connectivity index (χ0) is 21.3. The Morgan fingerprint density at radius 1 is 1.23 bits per heavy atom. The van der Waals surface area contributed by atoms with Gasteiger partial charge in [-0.05, 0) is 67.7 Å². The number of hydrogen-bond donors (Lipinski definition) is 1. The Balaban J connectivity index is 1.67. The summed E-state index contributed by atoms with van der Waals surface area (Å²) < 4.78 is 30.7. The summed E-state index contributed by atoms with van der Waals surface area (Å²) in [5.41, 5.74) is 11.6. The van der Waals surface area contributed by atoms with Crippen LogP contribution < -0.4 is 5.73 Å². The molecule has 0 saturated carbocycles. The highest BCUT2D eigenvalue weighted by Gasteiger charge is 2.27. The molecule has 2 N–H and O–H groups in total. The molecule has 0 atom stereocenters. The first-order valence-corrected chi connectivity index (χ1v) is 12.3. The van der Waals surface area contributed by atoms with Crippen molar-refractivity contribution in [3.63, 3.8) is 0 Å². The number of hydrogen-bond acceptors (Lipinski definition) is 8. The van der Waals surface area contributed by atoms with E-state index in [2.05, 4.69) is 16.0 Å². The van der Waals surface area contributed by atoms with Gasteiger partial charge in [0.2, 0.25) is 14.2 Å². The number of sulfone groups is 1. The summed E-state index contributed by atoms with van der Waals surface area (Å²) in [6.45, 7) is 1.88. The summed E-state index contributed by atoms with van der Waals surface area (Å²) in [7, 11) is -3.99. The third-order valence-corrected chi connectivity index (χ3v) is 8.54. The lowest BCUT2D eigenvalue weighted by atomic mass is 9.99. The van der Waals surface area contributed by atoms with Gasteiger partial charge < -0.3 is 10.5 Å². The molecule has 0 amide bonds. The summed E-state index contributed by atoms with van der Waals surface area (Å²) >= 11 is 0.762. The number of nitrogens with zero attached hydrogens (tertiary/aromatic N) is 2. The van der Waals surface area contributed by atoms with E-state index < -0.39 is 15.8 Å². The van der Waals surface area contributed by atoms with E-state index in [4.69, 9.17) is 10.5 Å². The average molecular weight is 446 g/mol. The van der Waals surface area contributed by atoms with Gasteiger partial charge in [-0.15, -0.1) is 0 Å². The van der Waals surface area contributed by atoms with Crippen LogP contribution in [-0.2, 0) is 40.3 Å². The molecule has 7 nitrogen and oxygen atoms in total. The first-order chi connectivity index (χ1) is 14.5. The Morgan fingerprint density at radius 3 is 2.50 bits per heavy atom. The fourth-order valence-electron chi connectivity index (χ4n) is 4.05. The number of allylic oxidation sites excluding steroid dienone is 1. The Hall–Kier alpha value is -2.52. The van der Waals surface area contributed by atoms with Crippen molar-refractivity contribution in [1.29, 1.82) is 0 Å². The molecule has 1 aromatic carbocycles. The number of carbonyl (C=O) groups excluding carboxylic acids is 1. The minimum Gasteiger partial charge on any atom is -0.462 e. The zero-order valence-electron chi connectivity index (χ0n) is 16.7. The number of aromatic nitrogens is 1. The maximum Gasteiger partial charge on any atom is 0.349 e. The quantitative estimate of drug-likeness (QED) is 0.539. The standard InChI is InChI=1S/C21H23N3O4S2/c1-2-28-20(25)18-12-24-21(29-18)30(26,27)15(10-22)11-23-19-16-7-3-5-13(16)9-14-6-4-8-17(14)19/h9-12H,2-8,22H2,1H3/b15-10+,23-11?. The van der Waals surface area contributed by atoms with Crippen LogP contribution in [0.2, 0.25) is 0 Å². The summed E-state index contributed by atoms with van der Waals surface area (Å²) in [5.74, 6) is -0.598. The largest absolute Gasteiger partial charge is 0.462 e. The lowest BCUT2D eigenvalue weighted by Crippen LogP contribution is -2.08. The topological polar surface area (TPSA) is 112 Å². The van der Waals surface area contributed by atoms with E-state index in [1.807, 2.05) is 0 Å². The summed E-state index contributed by atoms with van der Waals surface area (Å²) in [6, 6.07) is 2.30. The van der Waals surface area contributed by atoms with Crippen LogP contribution in [-0.4, -0.2) is 32.2 Å². The monoisotopic (exact) mass is 445 g/mol. The van der Waals surface area contributed by atoms with Crippen molar-refractivity contribution in [2.24, 2.45) is 10.7 Å². The molecule has 158 valence electrons. The molecule has 4 rings (SSSR count). The van der Waals surface area contributed by atoms with Crippen molar-refractivity contribution in [2.45, 2.75) is 49.8 Å². The van der Waals surface area contributed by atoms with E-state index in [-0.39, 0.29) is 20.7 Å². The second-order valence-electron chi connectivity index (χ2n) is 7.25. The second kappa shape index (κ2) is 8.31. The van der Waals surface area contributed by atoms with E-state index in [0.717, 1.165) is 61.7 Å². The molecule has 0 fully saturated rings. The van der Waals surface area contributed by atoms with Crippen molar-refractivity contribution in [1.82, 2.24) is 4.98 Å². The number of esters is 1. The van der Waals surface area contributed by atoms with Crippen molar-refractivity contribution in [3.8, 4) is 0 Å². The van der Waals surface area contributed by atoms with Gasteiger partial charge in [-0.25, -0.2) is 18.2 Å². The van der Waals surface area contributed by atoms with Gasteiger partial charge in [0.15, 0.2) is 0 Å². The van der Waals surface area contributed by atoms with Gasteiger partial charge in [0.25, 0.3) is 0 Å². The van der Waals surface area contributed by atoms with Crippen molar-refractivity contribution in [3.05, 3.63) is 50.5 Å². The number of benzene rings is 1. The van der Waals surface area contributed by atoms with Gasteiger partial charge in [0.05, 0.1) is 18.5 Å². The number of rotatable bonds is 6. The Labute approximate surface area is 179 Å². The molecule has 30 heavy (non-hydrogen) atoms. The van der Waals surface area contributed by atoms with Gasteiger partial charge >= 0.3 is 5.97 Å². The molecule has 1 aromatic heterocycles. The molecule has 0 aliphatic heterocycles. The van der Waals surface area contributed by atoms with Crippen molar-refractivity contribution in [2.75, 3.05) is 6.61 Å². The molecular weight excluding hydrogens is 422 g/mol. The van der Waals surface area contributed by atoms with Crippen molar-refractivity contribution < 1.29 is 17.9 Å². The fourth-order valence-corrected chi connectivity index (χ4v) is 6.35. The highest BCUT2D eigenvalue weighted by atomic mass is 32.2. The second-order valence-corrected chi connectivity index (χ2v) is 10.4. The van der Waals surface area contributed by atoms with Crippen LogP contribution >= 0.6 is 11.3 Å². The van der Waals surface area contributed by atoms with Gasteiger partial charge in [-0.2, -0.15) is 0 Å². The average Bonchev–Trinajstić information content (AvgIpc) is 3.47. The fraction of sp³-hybridized carbons (Fsp3) is 0.381. The smallest absolute Gasteiger partial charge is 0.349 e. The molecule has 0 bridgehead atoms. The van der Waals surface area contributed by atoms with E-state index in [1.165, 1.54) is 34.7 Å². The highest BCUT2D eigenvalue weighted by molar-refractivity contribution is 7.97. The number of thiazole rings is 1. The Bertz CT molecular complexity index is 1130. The first-order valence-electron chi connectivity index (χ1n) is 9.96. The van der Waals surface area contributed by atoms with Gasteiger partial charge in [-0.3, -0.25) is 4.99 Å². The molecule has 2 aromatic rings. The number of aliphatic imine (C=N–C) groups is 1. The van der Waals surface area contributed by atoms with Gasteiger partial charge in [0, 0.05) is 12.4 Å². The van der Waals surface area contributed by atoms with E-state index in [0.29, 0.717) is 0 Å². The number of aryl methyl sites for hydroxylation is 2. The SMILES string of the molecule is CCOC(=O)c1cnc(S(=O)(=O)/C(C=Nc2c3c(cc4c2CCC4)CCC3)=C/N)s1. The molecule has 0 unspecified atom stereocenters. The molecular formula is C21H23N3O4S2. The maximum absolute atomic E-state index is 13.0. The summed E-state index contributed by atoms with van der Waals surface area (Å²) in [6.07, 6.45) is 9.72. The summed E-state index contributed by atoms with van der Waals surface area (Å²) in [5, 5.41) is 0. The molecule has 2 aliphatic carbocycles. The predicted molar refractivity (Wildman–Crippen MR) is 116 cm³/mol. The molecule has 0 radical (unpaired) electrons. The lowest BCUT2D eigenvalue weighted by molar-refractivity contribution is 0.0532. The molecule has 0 spiro atoms. The van der Waals surface area contributed by atoms with Crippen LogP contribution in [0.1, 0.15) is 51.7 Å². The Morgan fingerprint density at radius 2 is 1.90 bits per heavy atom. The van der Waals surface area contributed by atoms with E-state index in [1.54, 1.807) is 6.92 Å². The number of carbonyl (C=O) groups is 1. The lowest BCUT2D eigenvalue weighted by Gasteiger charge is -2.11. The zero-order valence-corrected chi connectivity index (χ0v) is 18.3. The number of nitrogens with two attached hydrogens (primary N) is 1. The van der Waals surface area contributed by atoms with Crippen LogP contribution in [0.3, 0.4) is 0 Å². The molecule has 9 heteroatoms. The van der Waals surface area contributed by atoms with Gasteiger partial charge in [0.1, 0.15) is 9.78 Å². The maximum atomic E-state index is 13.0. The van der Waals surface area contributed by atoms with Crippen LogP contribution in [0.5, 0.6) is 0 Å². The van der Waals surface area contributed by atoms with Crippen LogP contribution in [0.25, 0.3) is 0 Å². The molecule has 0 saturated heterocycles. The highest BCUT2D eigenvalue weighted by Crippen LogP contribution is 2.40. The normalized spacial score (nSPS) is 16.1. The van der Waals surface area contributed by atoms with E-state index >= 15 is 0 Å². The molecule has 2 aliphatic rings. The third kappa shape index (κ3) is 3.67. The summed E-state index contributed by atoms with van der Waals surface area (Å²) in [4.78, 5) is 20.3. The van der Waals surface area contributed by atoms with Crippen molar-refractivity contribution >= 4 is 39.0 Å². The van der Waals surface area contributed by atoms with Crippen LogP contribution in [0.4, 0.5) is 5.69 Å². The minimum atomic E-state index is -3.99. The number of ether oxygens (including phenoxy) is 1. The third-order valence-electron chi connectivity index (χ3n) is 5.43. The van der Waals surface area contributed by atoms with Gasteiger partial charge in [-0.1, -0.05) is 17.4 Å². The van der Waals surface area contributed by atoms with Crippen LogP contribution in [0.15, 0.2) is 32.7 Å².